The fraction of sp³-hybridized carbons (Fsp3) is 0. The number of aromatic hydroxyl groups is 1. The van der Waals surface area contributed by atoms with Crippen LogP contribution in [-0.2, 0) is 10.0 Å². The summed E-state index contributed by atoms with van der Waals surface area (Å²) < 4.78 is 39.5. The number of anilines is 1. The minimum atomic E-state index is -4.09. The van der Waals surface area contributed by atoms with Gasteiger partial charge < -0.3 is 5.11 Å². The zero-order chi connectivity index (χ0) is 15.6. The first-order chi connectivity index (χ1) is 9.79. The third-order valence-electron chi connectivity index (χ3n) is 2.55. The van der Waals surface area contributed by atoms with Crippen molar-refractivity contribution in [2.75, 3.05) is 4.72 Å². The summed E-state index contributed by atoms with van der Waals surface area (Å²) in [6.45, 7) is 0. The summed E-state index contributed by atoms with van der Waals surface area (Å²) in [6, 6.07) is 7.08. The van der Waals surface area contributed by atoms with Crippen LogP contribution >= 0.6 is 0 Å². The Kier molecular flexibility index (Phi) is 3.76. The third kappa shape index (κ3) is 3.26. The lowest BCUT2D eigenvalue weighted by atomic mass is 10.3. The Balaban J connectivity index is 2.31. The van der Waals surface area contributed by atoms with Crippen molar-refractivity contribution in [1.29, 1.82) is 0 Å². The Morgan fingerprint density at radius 3 is 2.29 bits per heavy atom. The van der Waals surface area contributed by atoms with Crippen molar-refractivity contribution in [2.24, 2.45) is 0 Å². The maximum absolute atomic E-state index is 13.5. The van der Waals surface area contributed by atoms with Gasteiger partial charge >= 0.3 is 0 Å². The number of hydrogen-bond acceptors (Lipinski definition) is 5. The molecule has 2 aromatic rings. The predicted molar refractivity (Wildman–Crippen MR) is 72.0 cm³/mol. The highest BCUT2D eigenvalue weighted by Gasteiger charge is 2.17. The zero-order valence-electron chi connectivity index (χ0n) is 10.4. The van der Waals surface area contributed by atoms with E-state index >= 15 is 0 Å². The molecule has 0 aliphatic rings. The van der Waals surface area contributed by atoms with Crippen molar-refractivity contribution in [3.8, 4) is 5.75 Å². The average Bonchev–Trinajstić information content (AvgIpc) is 2.42. The second kappa shape index (κ2) is 5.37. The molecular formula is C12H9FN2O5S. The molecule has 0 saturated carbocycles. The maximum atomic E-state index is 13.5. The highest BCUT2D eigenvalue weighted by atomic mass is 32.2. The van der Waals surface area contributed by atoms with E-state index in [1.54, 1.807) is 0 Å². The number of phenols is 1. The summed E-state index contributed by atoms with van der Waals surface area (Å²) in [5, 5.41) is 19.6. The zero-order valence-corrected chi connectivity index (χ0v) is 11.2. The molecule has 0 aliphatic heterocycles. The molecule has 0 aliphatic carbocycles. The van der Waals surface area contributed by atoms with Crippen molar-refractivity contribution in [3.05, 3.63) is 58.4 Å². The van der Waals surface area contributed by atoms with Crippen LogP contribution < -0.4 is 4.72 Å². The van der Waals surface area contributed by atoms with E-state index in [1.807, 2.05) is 4.72 Å². The van der Waals surface area contributed by atoms with Crippen LogP contribution in [0.25, 0.3) is 0 Å². The fourth-order valence-corrected chi connectivity index (χ4v) is 2.60. The van der Waals surface area contributed by atoms with Gasteiger partial charge in [-0.25, -0.2) is 12.8 Å². The normalized spacial score (nSPS) is 11.1. The quantitative estimate of drug-likeness (QED) is 0.511. The molecule has 21 heavy (non-hydrogen) atoms. The van der Waals surface area contributed by atoms with Crippen molar-refractivity contribution in [1.82, 2.24) is 0 Å². The second-order valence-electron chi connectivity index (χ2n) is 4.02. The van der Waals surface area contributed by atoms with Crippen molar-refractivity contribution < 1.29 is 22.8 Å². The van der Waals surface area contributed by atoms with Gasteiger partial charge in [0, 0.05) is 18.2 Å². The molecule has 0 bridgehead atoms. The third-order valence-corrected chi connectivity index (χ3v) is 3.94. The molecule has 0 spiro atoms. The van der Waals surface area contributed by atoms with Crippen LogP contribution in [0.2, 0.25) is 0 Å². The molecular weight excluding hydrogens is 303 g/mol. The Labute approximate surface area is 118 Å². The van der Waals surface area contributed by atoms with E-state index in [-0.39, 0.29) is 22.0 Å². The second-order valence-corrected chi connectivity index (χ2v) is 5.70. The Morgan fingerprint density at radius 1 is 1.14 bits per heavy atom. The van der Waals surface area contributed by atoms with Crippen molar-refractivity contribution >= 4 is 21.4 Å². The molecule has 2 rings (SSSR count). The number of nitrogens with one attached hydrogen (secondary N) is 1. The number of hydrogen-bond donors (Lipinski definition) is 2. The molecule has 0 radical (unpaired) electrons. The first-order valence-corrected chi connectivity index (χ1v) is 7.04. The van der Waals surface area contributed by atoms with Crippen LogP contribution in [0.5, 0.6) is 5.75 Å². The first kappa shape index (κ1) is 14.7. The van der Waals surface area contributed by atoms with Crippen LogP contribution in [0.3, 0.4) is 0 Å². The van der Waals surface area contributed by atoms with E-state index in [2.05, 4.69) is 0 Å². The Bertz CT molecular complexity index is 790. The van der Waals surface area contributed by atoms with Crippen LogP contribution in [0.4, 0.5) is 15.8 Å². The smallest absolute Gasteiger partial charge is 0.269 e. The summed E-state index contributed by atoms with van der Waals surface area (Å²) >= 11 is 0. The lowest BCUT2D eigenvalue weighted by Gasteiger charge is -2.09. The largest absolute Gasteiger partial charge is 0.508 e. The molecule has 0 unspecified atom stereocenters. The molecule has 0 fully saturated rings. The standard InChI is InChI=1S/C12H9FN2O5S/c13-11-7-9(16)3-6-12(11)14-21(19,20)10-4-1-8(2-5-10)15(17)18/h1-7,14,16H. The van der Waals surface area contributed by atoms with Gasteiger partial charge in [0.15, 0.2) is 5.82 Å². The summed E-state index contributed by atoms with van der Waals surface area (Å²) in [5.74, 6) is -1.29. The van der Waals surface area contributed by atoms with Gasteiger partial charge in [-0.15, -0.1) is 0 Å². The van der Waals surface area contributed by atoms with Gasteiger partial charge in [0.25, 0.3) is 15.7 Å². The molecule has 0 saturated heterocycles. The number of nitro groups is 1. The van der Waals surface area contributed by atoms with E-state index in [9.17, 15) is 22.9 Å². The number of phenolic OH excluding ortho intramolecular Hbond substituents is 1. The van der Waals surface area contributed by atoms with Gasteiger partial charge in [0.05, 0.1) is 15.5 Å². The van der Waals surface area contributed by atoms with Gasteiger partial charge in [-0.1, -0.05) is 0 Å². The van der Waals surface area contributed by atoms with Crippen molar-refractivity contribution in [2.45, 2.75) is 4.90 Å². The van der Waals surface area contributed by atoms with Crippen molar-refractivity contribution in [3.63, 3.8) is 0 Å². The number of rotatable bonds is 4. The van der Waals surface area contributed by atoms with E-state index in [0.717, 1.165) is 42.5 Å². The molecule has 9 heteroatoms. The number of halogens is 1. The number of benzene rings is 2. The van der Waals surface area contributed by atoms with Gasteiger partial charge in [-0.05, 0) is 24.3 Å². The molecule has 110 valence electrons. The fourth-order valence-electron chi connectivity index (χ4n) is 1.54. The topological polar surface area (TPSA) is 110 Å². The van der Waals surface area contributed by atoms with E-state index in [4.69, 9.17) is 5.11 Å². The lowest BCUT2D eigenvalue weighted by Crippen LogP contribution is -2.13. The summed E-state index contributed by atoms with van der Waals surface area (Å²) in [5.41, 5.74) is -0.601. The summed E-state index contributed by atoms with van der Waals surface area (Å²) in [7, 11) is -4.09. The first-order valence-electron chi connectivity index (χ1n) is 5.55. The van der Waals surface area contributed by atoms with Crippen LogP contribution in [-0.4, -0.2) is 18.4 Å². The van der Waals surface area contributed by atoms with E-state index < -0.39 is 20.8 Å². The van der Waals surface area contributed by atoms with E-state index in [0.29, 0.717) is 0 Å². The SMILES string of the molecule is O=[N+]([O-])c1ccc(S(=O)(=O)Nc2ccc(O)cc2F)cc1. The Hall–Kier alpha value is -2.68. The predicted octanol–water partition coefficient (Wildman–Crippen LogP) is 2.24. The van der Waals surface area contributed by atoms with Gasteiger partial charge in [0.1, 0.15) is 5.75 Å². The minimum absolute atomic E-state index is 0.249. The van der Waals surface area contributed by atoms with Crippen LogP contribution in [0.15, 0.2) is 47.4 Å². The highest BCUT2D eigenvalue weighted by Crippen LogP contribution is 2.23. The number of non-ortho nitro benzene ring substituents is 1. The van der Waals surface area contributed by atoms with Gasteiger partial charge in [0.2, 0.25) is 0 Å². The molecule has 0 atom stereocenters. The molecule has 2 aromatic carbocycles. The Morgan fingerprint density at radius 2 is 1.76 bits per heavy atom. The monoisotopic (exact) mass is 312 g/mol. The molecule has 7 nitrogen and oxygen atoms in total. The summed E-state index contributed by atoms with van der Waals surface area (Å²) in [6.07, 6.45) is 0. The highest BCUT2D eigenvalue weighted by molar-refractivity contribution is 7.92. The van der Waals surface area contributed by atoms with E-state index in [1.165, 1.54) is 0 Å². The maximum Gasteiger partial charge on any atom is 0.269 e. The van der Waals surface area contributed by atoms with Gasteiger partial charge in [-0.3, -0.25) is 14.8 Å². The minimum Gasteiger partial charge on any atom is -0.508 e. The molecule has 2 N–H and O–H groups in total. The molecule has 0 heterocycles. The number of nitrogens with zero attached hydrogens (tertiary/aromatic N) is 1. The van der Waals surface area contributed by atoms with Crippen LogP contribution in [0, 0.1) is 15.9 Å². The lowest BCUT2D eigenvalue weighted by molar-refractivity contribution is -0.384. The van der Waals surface area contributed by atoms with Gasteiger partial charge in [-0.2, -0.15) is 0 Å². The molecule has 0 amide bonds. The summed E-state index contributed by atoms with van der Waals surface area (Å²) in [4.78, 5) is 9.58. The number of nitro benzene ring substituents is 1. The number of sulfonamides is 1. The van der Waals surface area contributed by atoms with Crippen LogP contribution in [0.1, 0.15) is 0 Å². The average molecular weight is 312 g/mol. The molecule has 0 aromatic heterocycles.